The van der Waals surface area contributed by atoms with Gasteiger partial charge in [-0.3, -0.25) is 0 Å². The highest BCUT2D eigenvalue weighted by Crippen LogP contribution is 2.34. The van der Waals surface area contributed by atoms with Gasteiger partial charge >= 0.3 is 0 Å². The fourth-order valence-electron chi connectivity index (χ4n) is 3.91. The molecule has 3 aromatic rings. The van der Waals surface area contributed by atoms with E-state index in [1.165, 1.54) is 39.0 Å². The highest BCUT2D eigenvalue weighted by molar-refractivity contribution is 5.88. The second-order valence-corrected chi connectivity index (χ2v) is 6.75. The van der Waals surface area contributed by atoms with Gasteiger partial charge in [-0.1, -0.05) is 36.8 Å². The molecule has 4 rings (SSSR count). The van der Waals surface area contributed by atoms with Crippen molar-refractivity contribution in [3.05, 3.63) is 64.8 Å². The van der Waals surface area contributed by atoms with E-state index in [-0.39, 0.29) is 0 Å². The van der Waals surface area contributed by atoms with Crippen molar-refractivity contribution in [2.75, 3.05) is 13.6 Å². The summed E-state index contributed by atoms with van der Waals surface area (Å²) >= 11 is 0. The van der Waals surface area contributed by atoms with Crippen LogP contribution < -0.4 is 0 Å². The Kier molecular flexibility index (Phi) is 3.50. The summed E-state index contributed by atoms with van der Waals surface area (Å²) in [6.45, 7) is 6.62. The van der Waals surface area contributed by atoms with Crippen molar-refractivity contribution in [2.45, 2.75) is 33.2 Å². The molecule has 118 valence electrons. The van der Waals surface area contributed by atoms with Crippen LogP contribution in [0.3, 0.4) is 0 Å². The van der Waals surface area contributed by atoms with Crippen molar-refractivity contribution < 1.29 is 0 Å². The van der Waals surface area contributed by atoms with Crippen LogP contribution in [0.5, 0.6) is 0 Å². The lowest BCUT2D eigenvalue weighted by Gasteiger charge is -2.24. The van der Waals surface area contributed by atoms with E-state index in [9.17, 15) is 0 Å². The third kappa shape index (κ3) is 2.29. The van der Waals surface area contributed by atoms with E-state index in [1.54, 1.807) is 0 Å². The van der Waals surface area contributed by atoms with E-state index < -0.39 is 0 Å². The molecule has 1 aromatic heterocycles. The molecule has 2 heteroatoms. The van der Waals surface area contributed by atoms with Crippen LogP contribution in [-0.2, 0) is 19.4 Å². The third-order valence-corrected chi connectivity index (χ3v) is 5.11. The lowest BCUT2D eigenvalue weighted by Crippen LogP contribution is -2.27. The highest BCUT2D eigenvalue weighted by Gasteiger charge is 2.23. The number of benzene rings is 2. The zero-order valence-corrected chi connectivity index (χ0v) is 14.3. The Bertz CT molecular complexity index is 873. The van der Waals surface area contributed by atoms with Gasteiger partial charge in [0.25, 0.3) is 0 Å². The van der Waals surface area contributed by atoms with E-state index >= 15 is 0 Å². The molecule has 0 spiro atoms. The number of hydrogen-bond donors (Lipinski definition) is 0. The molecule has 0 saturated heterocycles. The van der Waals surface area contributed by atoms with Crippen molar-refractivity contribution in [1.29, 1.82) is 0 Å². The molecule has 23 heavy (non-hydrogen) atoms. The SMILES string of the molecule is CCc1ccccc1-n1c2c(c3cc(C)ccc31)CN(C)CC2. The van der Waals surface area contributed by atoms with Gasteiger partial charge in [-0.25, -0.2) is 0 Å². The fraction of sp³-hybridized carbons (Fsp3) is 0.333. The number of hydrogen-bond acceptors (Lipinski definition) is 1. The van der Waals surface area contributed by atoms with E-state index in [0.29, 0.717) is 0 Å². The van der Waals surface area contributed by atoms with Crippen molar-refractivity contribution in [2.24, 2.45) is 0 Å². The minimum absolute atomic E-state index is 1.05. The summed E-state index contributed by atoms with van der Waals surface area (Å²) in [5.41, 5.74) is 8.50. The molecule has 0 unspecified atom stereocenters. The first kappa shape index (κ1) is 14.5. The molecule has 0 amide bonds. The van der Waals surface area contributed by atoms with E-state index in [4.69, 9.17) is 0 Å². The summed E-state index contributed by atoms with van der Waals surface area (Å²) in [5.74, 6) is 0. The molecule has 1 aliphatic rings. The number of likely N-dealkylation sites (N-methyl/N-ethyl adjacent to an activating group) is 1. The van der Waals surface area contributed by atoms with Crippen molar-refractivity contribution in [3.8, 4) is 5.69 Å². The molecular weight excluding hydrogens is 280 g/mol. The van der Waals surface area contributed by atoms with Crippen molar-refractivity contribution in [3.63, 3.8) is 0 Å². The van der Waals surface area contributed by atoms with Gasteiger partial charge in [-0.05, 0) is 49.7 Å². The zero-order chi connectivity index (χ0) is 16.0. The maximum atomic E-state index is 2.52. The smallest absolute Gasteiger partial charge is 0.0535 e. The average Bonchev–Trinajstić information content (AvgIpc) is 2.87. The Balaban J connectivity index is 2.07. The van der Waals surface area contributed by atoms with Gasteiger partial charge in [0.05, 0.1) is 5.52 Å². The van der Waals surface area contributed by atoms with Crippen LogP contribution in [0.2, 0.25) is 0 Å². The lowest BCUT2D eigenvalue weighted by atomic mass is 10.0. The van der Waals surface area contributed by atoms with Crippen LogP contribution >= 0.6 is 0 Å². The van der Waals surface area contributed by atoms with Gasteiger partial charge in [0.15, 0.2) is 0 Å². The summed E-state index contributed by atoms with van der Waals surface area (Å²) in [4.78, 5) is 2.43. The molecule has 0 fully saturated rings. The quantitative estimate of drug-likeness (QED) is 0.677. The number of nitrogens with zero attached hydrogens (tertiary/aromatic N) is 2. The molecule has 1 aliphatic heterocycles. The molecule has 0 atom stereocenters. The molecule has 2 heterocycles. The van der Waals surface area contributed by atoms with Gasteiger partial charge in [0.2, 0.25) is 0 Å². The number of rotatable bonds is 2. The summed E-state index contributed by atoms with van der Waals surface area (Å²) in [7, 11) is 2.22. The van der Waals surface area contributed by atoms with E-state index in [0.717, 1.165) is 25.9 Å². The number of fused-ring (bicyclic) bond motifs is 3. The Morgan fingerprint density at radius 3 is 2.74 bits per heavy atom. The predicted molar refractivity (Wildman–Crippen MR) is 97.4 cm³/mol. The Hall–Kier alpha value is -2.06. The molecule has 2 nitrogen and oxygen atoms in total. The van der Waals surface area contributed by atoms with Crippen molar-refractivity contribution >= 4 is 10.9 Å². The van der Waals surface area contributed by atoms with Gasteiger partial charge in [-0.2, -0.15) is 0 Å². The summed E-state index contributed by atoms with van der Waals surface area (Å²) in [6.07, 6.45) is 2.19. The van der Waals surface area contributed by atoms with Crippen LogP contribution in [0.1, 0.15) is 29.3 Å². The first-order valence-corrected chi connectivity index (χ1v) is 8.58. The van der Waals surface area contributed by atoms with Gasteiger partial charge in [0.1, 0.15) is 0 Å². The maximum Gasteiger partial charge on any atom is 0.0535 e. The van der Waals surface area contributed by atoms with Gasteiger partial charge in [-0.15, -0.1) is 0 Å². The maximum absolute atomic E-state index is 2.52. The average molecular weight is 304 g/mol. The third-order valence-electron chi connectivity index (χ3n) is 5.11. The first-order chi connectivity index (χ1) is 11.2. The normalized spacial score (nSPS) is 15.1. The van der Waals surface area contributed by atoms with Gasteiger partial charge in [0, 0.05) is 36.3 Å². The van der Waals surface area contributed by atoms with Crippen LogP contribution in [0, 0.1) is 6.92 Å². The van der Waals surface area contributed by atoms with E-state index in [2.05, 4.69) is 72.8 Å². The molecule has 0 saturated carbocycles. The van der Waals surface area contributed by atoms with Crippen LogP contribution in [-0.4, -0.2) is 23.1 Å². The van der Waals surface area contributed by atoms with Gasteiger partial charge < -0.3 is 9.47 Å². The minimum Gasteiger partial charge on any atom is -0.313 e. The first-order valence-electron chi connectivity index (χ1n) is 8.58. The molecule has 0 aliphatic carbocycles. The molecule has 0 radical (unpaired) electrons. The Morgan fingerprint density at radius 2 is 1.91 bits per heavy atom. The fourth-order valence-corrected chi connectivity index (χ4v) is 3.91. The Morgan fingerprint density at radius 1 is 1.09 bits per heavy atom. The van der Waals surface area contributed by atoms with Crippen LogP contribution in [0.25, 0.3) is 16.6 Å². The number of aromatic nitrogens is 1. The standard InChI is InChI=1S/C21H24N2/c1-4-16-7-5-6-8-19(16)23-20-10-9-15(2)13-17(20)18-14-22(3)12-11-21(18)23/h5-10,13H,4,11-12,14H2,1-3H3. The second kappa shape index (κ2) is 5.54. The minimum atomic E-state index is 1.05. The predicted octanol–water partition coefficient (Wildman–Crippen LogP) is 4.49. The number of para-hydroxylation sites is 1. The summed E-state index contributed by atoms with van der Waals surface area (Å²) < 4.78 is 2.52. The summed E-state index contributed by atoms with van der Waals surface area (Å²) in [6, 6.07) is 15.7. The Labute approximate surface area is 138 Å². The lowest BCUT2D eigenvalue weighted by molar-refractivity contribution is 0.311. The monoisotopic (exact) mass is 304 g/mol. The second-order valence-electron chi connectivity index (χ2n) is 6.75. The topological polar surface area (TPSA) is 8.17 Å². The number of aryl methyl sites for hydroxylation is 2. The van der Waals surface area contributed by atoms with Crippen LogP contribution in [0.15, 0.2) is 42.5 Å². The molecule has 0 N–H and O–H groups in total. The molecular formula is C21H24N2. The molecule has 0 bridgehead atoms. The summed E-state index contributed by atoms with van der Waals surface area (Å²) in [5, 5.41) is 1.43. The zero-order valence-electron chi connectivity index (χ0n) is 14.3. The van der Waals surface area contributed by atoms with E-state index in [1.807, 2.05) is 0 Å². The largest absolute Gasteiger partial charge is 0.313 e. The van der Waals surface area contributed by atoms with Crippen LogP contribution in [0.4, 0.5) is 0 Å². The highest BCUT2D eigenvalue weighted by atomic mass is 15.1. The molecule has 2 aromatic carbocycles. The van der Waals surface area contributed by atoms with Crippen molar-refractivity contribution in [1.82, 2.24) is 9.47 Å².